The lowest BCUT2D eigenvalue weighted by molar-refractivity contribution is 0.547. The molecule has 1 atom stereocenters. The van der Waals surface area contributed by atoms with E-state index in [9.17, 15) is 0 Å². The predicted octanol–water partition coefficient (Wildman–Crippen LogP) is 3.71. The van der Waals surface area contributed by atoms with Crippen LogP contribution in [0, 0.1) is 5.92 Å². The van der Waals surface area contributed by atoms with E-state index in [1.54, 1.807) is 0 Å². The number of hydrogen-bond acceptors (Lipinski definition) is 2. The molecular formula is C15H25ClN2. The van der Waals surface area contributed by atoms with Crippen LogP contribution in [-0.4, -0.2) is 19.6 Å². The Bertz CT molecular complexity index is 366. The van der Waals surface area contributed by atoms with Gasteiger partial charge in [0.2, 0.25) is 0 Å². The van der Waals surface area contributed by atoms with Crippen LogP contribution in [0.2, 0.25) is 5.02 Å². The van der Waals surface area contributed by atoms with Crippen molar-refractivity contribution in [3.05, 3.63) is 28.8 Å². The summed E-state index contributed by atoms with van der Waals surface area (Å²) in [6.45, 7) is 9.42. The zero-order valence-corrected chi connectivity index (χ0v) is 12.5. The Labute approximate surface area is 116 Å². The van der Waals surface area contributed by atoms with E-state index in [-0.39, 0.29) is 0 Å². The summed E-state index contributed by atoms with van der Waals surface area (Å²) in [6.07, 6.45) is 2.04. The number of halogens is 1. The molecule has 0 aliphatic carbocycles. The molecule has 1 rings (SSSR count). The molecule has 18 heavy (non-hydrogen) atoms. The van der Waals surface area contributed by atoms with Crippen molar-refractivity contribution in [2.45, 2.75) is 33.6 Å². The lowest BCUT2D eigenvalue weighted by atomic mass is 10.1. The Morgan fingerprint density at radius 3 is 2.61 bits per heavy atom. The summed E-state index contributed by atoms with van der Waals surface area (Å²) < 4.78 is 0. The fourth-order valence-corrected chi connectivity index (χ4v) is 2.40. The van der Waals surface area contributed by atoms with Gasteiger partial charge in [0, 0.05) is 23.8 Å². The second kappa shape index (κ2) is 7.65. The summed E-state index contributed by atoms with van der Waals surface area (Å²) in [6, 6.07) is 6.13. The van der Waals surface area contributed by atoms with E-state index < -0.39 is 0 Å². The molecule has 0 bridgehead atoms. The van der Waals surface area contributed by atoms with E-state index in [1.807, 2.05) is 12.1 Å². The lowest BCUT2D eigenvalue weighted by Crippen LogP contribution is -2.29. The van der Waals surface area contributed by atoms with Crippen molar-refractivity contribution in [2.75, 3.05) is 24.5 Å². The molecule has 1 aromatic rings. The van der Waals surface area contributed by atoms with Gasteiger partial charge in [0.1, 0.15) is 0 Å². The SMILES string of the molecule is CCC(C)CN(CC)c1cccc(Cl)c1CCN. The molecule has 0 heterocycles. The van der Waals surface area contributed by atoms with Gasteiger partial charge in [-0.05, 0) is 43.5 Å². The van der Waals surface area contributed by atoms with Crippen LogP contribution in [0.3, 0.4) is 0 Å². The van der Waals surface area contributed by atoms with Gasteiger partial charge in [-0.15, -0.1) is 0 Å². The van der Waals surface area contributed by atoms with E-state index in [4.69, 9.17) is 17.3 Å². The smallest absolute Gasteiger partial charge is 0.0459 e. The third kappa shape index (κ3) is 3.89. The summed E-state index contributed by atoms with van der Waals surface area (Å²) >= 11 is 6.30. The van der Waals surface area contributed by atoms with Crippen molar-refractivity contribution >= 4 is 17.3 Å². The molecule has 0 radical (unpaired) electrons. The Kier molecular flexibility index (Phi) is 6.51. The maximum atomic E-state index is 6.30. The minimum atomic E-state index is 0.637. The second-order valence-electron chi connectivity index (χ2n) is 4.83. The van der Waals surface area contributed by atoms with Crippen LogP contribution in [0.15, 0.2) is 18.2 Å². The fourth-order valence-electron chi connectivity index (χ4n) is 2.14. The first kappa shape index (κ1) is 15.3. The average molecular weight is 269 g/mol. The average Bonchev–Trinajstić information content (AvgIpc) is 2.38. The van der Waals surface area contributed by atoms with E-state index in [1.165, 1.54) is 17.7 Å². The van der Waals surface area contributed by atoms with Crippen molar-refractivity contribution < 1.29 is 0 Å². The first-order valence-corrected chi connectivity index (χ1v) is 7.24. The summed E-state index contributed by atoms with van der Waals surface area (Å²) in [7, 11) is 0. The molecule has 0 saturated carbocycles. The number of anilines is 1. The highest BCUT2D eigenvalue weighted by molar-refractivity contribution is 6.31. The third-order valence-corrected chi connectivity index (χ3v) is 3.79. The van der Waals surface area contributed by atoms with Gasteiger partial charge in [0.15, 0.2) is 0 Å². The van der Waals surface area contributed by atoms with Gasteiger partial charge >= 0.3 is 0 Å². The van der Waals surface area contributed by atoms with E-state index >= 15 is 0 Å². The number of rotatable bonds is 7. The molecule has 0 fully saturated rings. The molecule has 102 valence electrons. The van der Waals surface area contributed by atoms with Crippen LogP contribution in [0.5, 0.6) is 0 Å². The van der Waals surface area contributed by atoms with Crippen LogP contribution in [-0.2, 0) is 6.42 Å². The molecule has 0 aliphatic heterocycles. The van der Waals surface area contributed by atoms with Gasteiger partial charge in [0.05, 0.1) is 0 Å². The maximum Gasteiger partial charge on any atom is 0.0459 e. The van der Waals surface area contributed by atoms with Gasteiger partial charge in [-0.25, -0.2) is 0 Å². The molecule has 1 aromatic carbocycles. The minimum Gasteiger partial charge on any atom is -0.371 e. The molecule has 0 aromatic heterocycles. The highest BCUT2D eigenvalue weighted by atomic mass is 35.5. The van der Waals surface area contributed by atoms with Crippen molar-refractivity contribution in [1.82, 2.24) is 0 Å². The molecule has 0 aliphatic rings. The molecule has 0 spiro atoms. The molecule has 0 amide bonds. The summed E-state index contributed by atoms with van der Waals surface area (Å²) in [5.41, 5.74) is 8.12. The summed E-state index contributed by atoms with van der Waals surface area (Å²) in [5, 5.41) is 0.834. The van der Waals surface area contributed by atoms with Crippen LogP contribution < -0.4 is 10.6 Å². The zero-order chi connectivity index (χ0) is 13.5. The van der Waals surface area contributed by atoms with Crippen molar-refractivity contribution in [1.29, 1.82) is 0 Å². The second-order valence-corrected chi connectivity index (χ2v) is 5.24. The van der Waals surface area contributed by atoms with Crippen LogP contribution >= 0.6 is 11.6 Å². The number of nitrogens with zero attached hydrogens (tertiary/aromatic N) is 1. The summed E-state index contributed by atoms with van der Waals surface area (Å²) in [4.78, 5) is 2.41. The molecule has 3 heteroatoms. The zero-order valence-electron chi connectivity index (χ0n) is 11.7. The number of hydrogen-bond donors (Lipinski definition) is 1. The largest absolute Gasteiger partial charge is 0.371 e. The van der Waals surface area contributed by atoms with Crippen molar-refractivity contribution in [3.8, 4) is 0 Å². The molecule has 2 nitrogen and oxygen atoms in total. The van der Waals surface area contributed by atoms with Gasteiger partial charge in [-0.2, -0.15) is 0 Å². The molecular weight excluding hydrogens is 244 g/mol. The van der Waals surface area contributed by atoms with Crippen molar-refractivity contribution in [2.24, 2.45) is 11.7 Å². The van der Waals surface area contributed by atoms with E-state index in [0.717, 1.165) is 24.5 Å². The quantitative estimate of drug-likeness (QED) is 0.817. The number of nitrogens with two attached hydrogens (primary N) is 1. The van der Waals surface area contributed by atoms with E-state index in [2.05, 4.69) is 31.7 Å². The minimum absolute atomic E-state index is 0.637. The number of benzene rings is 1. The topological polar surface area (TPSA) is 29.3 Å². The lowest BCUT2D eigenvalue weighted by Gasteiger charge is -2.28. The highest BCUT2D eigenvalue weighted by Gasteiger charge is 2.14. The van der Waals surface area contributed by atoms with Crippen LogP contribution in [0.4, 0.5) is 5.69 Å². The standard InChI is InChI=1S/C15H25ClN2/c1-4-12(3)11-18(5-2)15-8-6-7-14(16)13(15)9-10-17/h6-8,12H,4-5,9-11,17H2,1-3H3. The third-order valence-electron chi connectivity index (χ3n) is 3.44. The van der Waals surface area contributed by atoms with Gasteiger partial charge < -0.3 is 10.6 Å². The first-order valence-electron chi connectivity index (χ1n) is 6.86. The normalized spacial score (nSPS) is 12.5. The Morgan fingerprint density at radius 1 is 1.33 bits per heavy atom. The Hall–Kier alpha value is -0.730. The van der Waals surface area contributed by atoms with Gasteiger partial charge in [-0.3, -0.25) is 0 Å². The highest BCUT2D eigenvalue weighted by Crippen LogP contribution is 2.28. The fraction of sp³-hybridized carbons (Fsp3) is 0.600. The predicted molar refractivity (Wildman–Crippen MR) is 81.6 cm³/mol. The van der Waals surface area contributed by atoms with Gasteiger partial charge in [-0.1, -0.05) is 37.9 Å². The van der Waals surface area contributed by atoms with Crippen LogP contribution in [0.25, 0.3) is 0 Å². The van der Waals surface area contributed by atoms with Gasteiger partial charge in [0.25, 0.3) is 0 Å². The monoisotopic (exact) mass is 268 g/mol. The maximum absolute atomic E-state index is 6.30. The molecule has 0 saturated heterocycles. The van der Waals surface area contributed by atoms with Crippen LogP contribution in [0.1, 0.15) is 32.8 Å². The first-order chi connectivity index (χ1) is 8.63. The Morgan fingerprint density at radius 2 is 2.06 bits per heavy atom. The Balaban J connectivity index is 3.00. The van der Waals surface area contributed by atoms with Crippen molar-refractivity contribution in [3.63, 3.8) is 0 Å². The van der Waals surface area contributed by atoms with E-state index in [0.29, 0.717) is 12.5 Å². The summed E-state index contributed by atoms with van der Waals surface area (Å²) in [5.74, 6) is 0.689. The molecule has 1 unspecified atom stereocenters. The molecule has 2 N–H and O–H groups in total.